The molecule has 0 aromatic carbocycles. The number of rotatable bonds is 2. The summed E-state index contributed by atoms with van der Waals surface area (Å²) < 4.78 is 0. The van der Waals surface area contributed by atoms with Gasteiger partial charge in [-0.25, -0.2) is 15.8 Å². The summed E-state index contributed by atoms with van der Waals surface area (Å²) in [6, 6.07) is 5.68. The average molecular weight is 245 g/mol. The first-order chi connectivity index (χ1) is 8.38. The molecule has 2 aromatic heterocycles. The molecular weight excluding hydrogens is 234 g/mol. The van der Waals surface area contributed by atoms with Crippen LogP contribution in [0.2, 0.25) is 0 Å². The van der Waals surface area contributed by atoms with Gasteiger partial charge in [0.05, 0.1) is 5.69 Å². The standard InChI is InChI=1S/C11H11N5S/c12-16-10-7-5-17-6-9(7)14-11(15-10)8-3-1-2-4-13-8/h1-4H,5-6,12H2,(H,14,15,16). The van der Waals surface area contributed by atoms with Gasteiger partial charge in [-0.2, -0.15) is 11.8 Å². The monoisotopic (exact) mass is 245 g/mol. The second-order valence-electron chi connectivity index (χ2n) is 3.67. The summed E-state index contributed by atoms with van der Waals surface area (Å²) in [5, 5.41) is 0. The molecule has 0 atom stereocenters. The molecule has 3 heterocycles. The lowest BCUT2D eigenvalue weighted by Gasteiger charge is -2.08. The number of pyridine rings is 1. The summed E-state index contributed by atoms with van der Waals surface area (Å²) in [6.45, 7) is 0. The smallest absolute Gasteiger partial charge is 0.180 e. The first-order valence-corrected chi connectivity index (χ1v) is 6.39. The Hall–Kier alpha value is -1.66. The lowest BCUT2D eigenvalue weighted by Crippen LogP contribution is -2.13. The van der Waals surface area contributed by atoms with Crippen LogP contribution in [-0.4, -0.2) is 15.0 Å². The molecule has 0 saturated heterocycles. The third kappa shape index (κ3) is 1.85. The van der Waals surface area contributed by atoms with E-state index >= 15 is 0 Å². The molecule has 86 valence electrons. The number of thioether (sulfide) groups is 1. The number of nitrogens with two attached hydrogens (primary N) is 1. The number of aromatic nitrogens is 3. The first-order valence-electron chi connectivity index (χ1n) is 5.24. The van der Waals surface area contributed by atoms with E-state index in [0.717, 1.165) is 28.5 Å². The third-order valence-corrected chi connectivity index (χ3v) is 3.58. The van der Waals surface area contributed by atoms with Crippen molar-refractivity contribution >= 4 is 17.6 Å². The van der Waals surface area contributed by atoms with Crippen molar-refractivity contribution in [3.8, 4) is 11.5 Å². The summed E-state index contributed by atoms with van der Waals surface area (Å²) in [7, 11) is 0. The van der Waals surface area contributed by atoms with Crippen LogP contribution in [0.1, 0.15) is 11.3 Å². The molecule has 0 unspecified atom stereocenters. The molecule has 0 amide bonds. The van der Waals surface area contributed by atoms with Gasteiger partial charge in [-0.1, -0.05) is 6.07 Å². The highest BCUT2D eigenvalue weighted by atomic mass is 32.2. The molecule has 0 radical (unpaired) electrons. The van der Waals surface area contributed by atoms with Crippen LogP contribution < -0.4 is 11.3 Å². The van der Waals surface area contributed by atoms with E-state index in [1.165, 1.54) is 0 Å². The Kier molecular flexibility index (Phi) is 2.66. The molecule has 17 heavy (non-hydrogen) atoms. The lowest BCUT2D eigenvalue weighted by atomic mass is 10.2. The summed E-state index contributed by atoms with van der Waals surface area (Å²) in [4.78, 5) is 13.2. The molecule has 1 aliphatic heterocycles. The summed E-state index contributed by atoms with van der Waals surface area (Å²) >= 11 is 1.82. The Bertz CT molecular complexity index is 543. The second kappa shape index (κ2) is 4.31. The maximum Gasteiger partial charge on any atom is 0.180 e. The van der Waals surface area contributed by atoms with E-state index in [2.05, 4.69) is 20.4 Å². The van der Waals surface area contributed by atoms with Crippen molar-refractivity contribution < 1.29 is 0 Å². The van der Waals surface area contributed by atoms with Crippen LogP contribution in [0.3, 0.4) is 0 Å². The average Bonchev–Trinajstić information content (AvgIpc) is 2.86. The van der Waals surface area contributed by atoms with Crippen molar-refractivity contribution in [1.29, 1.82) is 0 Å². The fourth-order valence-corrected chi connectivity index (χ4v) is 2.82. The van der Waals surface area contributed by atoms with Gasteiger partial charge >= 0.3 is 0 Å². The van der Waals surface area contributed by atoms with Crippen molar-refractivity contribution in [3.05, 3.63) is 35.7 Å². The number of hydrogen-bond acceptors (Lipinski definition) is 6. The number of hydrazine groups is 1. The number of anilines is 1. The van der Waals surface area contributed by atoms with Crippen LogP contribution in [0, 0.1) is 0 Å². The second-order valence-corrected chi connectivity index (χ2v) is 4.66. The van der Waals surface area contributed by atoms with Crippen molar-refractivity contribution in [3.63, 3.8) is 0 Å². The number of nitrogen functional groups attached to an aromatic ring is 1. The molecular formula is C11H11N5S. The number of nitrogens with one attached hydrogen (secondary N) is 1. The van der Waals surface area contributed by atoms with Crippen LogP contribution in [0.25, 0.3) is 11.5 Å². The minimum atomic E-state index is 0.625. The van der Waals surface area contributed by atoms with Gasteiger partial charge in [-0.15, -0.1) is 0 Å². The van der Waals surface area contributed by atoms with E-state index in [1.807, 2.05) is 30.0 Å². The number of nitrogens with zero attached hydrogens (tertiary/aromatic N) is 3. The number of hydrogen-bond donors (Lipinski definition) is 2. The Balaban J connectivity index is 2.13. The molecule has 0 aliphatic carbocycles. The molecule has 2 aromatic rings. The van der Waals surface area contributed by atoms with E-state index < -0.39 is 0 Å². The Morgan fingerprint density at radius 1 is 1.24 bits per heavy atom. The quantitative estimate of drug-likeness (QED) is 0.618. The maximum atomic E-state index is 5.50. The van der Waals surface area contributed by atoms with Crippen LogP contribution in [0.4, 0.5) is 5.82 Å². The molecule has 1 aliphatic rings. The molecule has 0 spiro atoms. The Morgan fingerprint density at radius 3 is 2.94 bits per heavy atom. The predicted octanol–water partition coefficient (Wildman–Crippen LogP) is 1.57. The maximum absolute atomic E-state index is 5.50. The van der Waals surface area contributed by atoms with Gasteiger partial charge in [0.15, 0.2) is 5.82 Å². The fraction of sp³-hybridized carbons (Fsp3) is 0.182. The van der Waals surface area contributed by atoms with Crippen molar-refractivity contribution in [2.75, 3.05) is 5.43 Å². The van der Waals surface area contributed by atoms with E-state index in [0.29, 0.717) is 11.6 Å². The highest BCUT2D eigenvalue weighted by molar-refractivity contribution is 7.98. The van der Waals surface area contributed by atoms with Gasteiger partial charge in [0.25, 0.3) is 0 Å². The molecule has 0 bridgehead atoms. The fourth-order valence-electron chi connectivity index (χ4n) is 1.78. The van der Waals surface area contributed by atoms with Crippen LogP contribution in [0.15, 0.2) is 24.4 Å². The van der Waals surface area contributed by atoms with Crippen molar-refractivity contribution in [2.24, 2.45) is 5.84 Å². The zero-order valence-corrected chi connectivity index (χ0v) is 9.87. The molecule has 6 heteroatoms. The highest BCUT2D eigenvalue weighted by Gasteiger charge is 2.19. The van der Waals surface area contributed by atoms with E-state index in [9.17, 15) is 0 Å². The van der Waals surface area contributed by atoms with E-state index in [-0.39, 0.29) is 0 Å². The zero-order valence-electron chi connectivity index (χ0n) is 9.05. The molecule has 3 N–H and O–H groups in total. The largest absolute Gasteiger partial charge is 0.308 e. The van der Waals surface area contributed by atoms with Gasteiger partial charge in [0.2, 0.25) is 0 Å². The van der Waals surface area contributed by atoms with E-state index in [4.69, 9.17) is 5.84 Å². The first kappa shape index (κ1) is 10.5. The van der Waals surface area contributed by atoms with Gasteiger partial charge in [-0.3, -0.25) is 4.98 Å². The normalized spacial score (nSPS) is 13.5. The van der Waals surface area contributed by atoms with Crippen molar-refractivity contribution in [1.82, 2.24) is 15.0 Å². The molecule has 0 fully saturated rings. The molecule has 3 rings (SSSR count). The van der Waals surface area contributed by atoms with Crippen LogP contribution in [-0.2, 0) is 11.5 Å². The summed E-state index contributed by atoms with van der Waals surface area (Å²) in [6.07, 6.45) is 1.73. The minimum Gasteiger partial charge on any atom is -0.308 e. The van der Waals surface area contributed by atoms with Gasteiger partial charge in [-0.05, 0) is 12.1 Å². The van der Waals surface area contributed by atoms with Gasteiger partial charge in [0.1, 0.15) is 11.5 Å². The topological polar surface area (TPSA) is 76.7 Å². The SMILES string of the molecule is NNc1nc(-c2ccccn2)nc2c1CSC2. The van der Waals surface area contributed by atoms with Crippen LogP contribution in [0.5, 0.6) is 0 Å². The van der Waals surface area contributed by atoms with E-state index in [1.54, 1.807) is 6.20 Å². The Labute approximate surface area is 103 Å². The zero-order chi connectivity index (χ0) is 11.7. The summed E-state index contributed by atoms with van der Waals surface area (Å²) in [5.74, 6) is 8.66. The highest BCUT2D eigenvalue weighted by Crippen LogP contribution is 2.33. The molecule has 0 saturated carbocycles. The minimum absolute atomic E-state index is 0.625. The van der Waals surface area contributed by atoms with Gasteiger partial charge < -0.3 is 5.43 Å². The lowest BCUT2D eigenvalue weighted by molar-refractivity contribution is 1.05. The van der Waals surface area contributed by atoms with Crippen molar-refractivity contribution in [2.45, 2.75) is 11.5 Å². The number of fused-ring (bicyclic) bond motifs is 1. The third-order valence-electron chi connectivity index (χ3n) is 2.61. The van der Waals surface area contributed by atoms with Gasteiger partial charge in [0, 0.05) is 23.3 Å². The Morgan fingerprint density at radius 2 is 2.18 bits per heavy atom. The predicted molar refractivity (Wildman–Crippen MR) is 68.1 cm³/mol. The summed E-state index contributed by atoms with van der Waals surface area (Å²) in [5.41, 5.74) is 5.58. The molecule has 5 nitrogen and oxygen atoms in total. The van der Waals surface area contributed by atoms with Crippen LogP contribution >= 0.6 is 11.8 Å².